The highest BCUT2D eigenvalue weighted by Gasteiger charge is 2.24. The summed E-state index contributed by atoms with van der Waals surface area (Å²) in [5, 5.41) is 3.28. The molecule has 0 aromatic heterocycles. The number of ether oxygens (including phenoxy) is 1. The number of anilines is 1. The van der Waals surface area contributed by atoms with Gasteiger partial charge in [0, 0.05) is 31.0 Å². The number of hydrogen-bond acceptors (Lipinski definition) is 4. The molecule has 26 heavy (non-hydrogen) atoms. The van der Waals surface area contributed by atoms with Crippen LogP contribution in [0.15, 0.2) is 65.9 Å². The number of nitrogens with one attached hydrogen (secondary N) is 1. The molecule has 1 aliphatic heterocycles. The first-order chi connectivity index (χ1) is 12.7. The topological polar surface area (TPSA) is 41.6 Å². The Morgan fingerprint density at radius 1 is 1.15 bits per heavy atom. The summed E-state index contributed by atoms with van der Waals surface area (Å²) in [6.45, 7) is 4.36. The quantitative estimate of drug-likeness (QED) is 0.798. The van der Waals surface area contributed by atoms with Crippen molar-refractivity contribution in [1.29, 1.82) is 0 Å². The summed E-state index contributed by atoms with van der Waals surface area (Å²) in [7, 11) is 0. The average Bonchev–Trinajstić information content (AvgIpc) is 2.65. The zero-order chi connectivity index (χ0) is 18.4. The standard InChI is InChI=1S/C21H23FN2O2/c1-2-26-21(25)19-12-13-24(14-16-6-4-3-5-7-16)15-20(19)23-18-10-8-17(22)9-11-18/h3-11,23H,2,12-15H2,1H3. The van der Waals surface area contributed by atoms with Gasteiger partial charge in [0.05, 0.1) is 12.2 Å². The van der Waals surface area contributed by atoms with E-state index in [-0.39, 0.29) is 11.8 Å². The predicted molar refractivity (Wildman–Crippen MR) is 100 cm³/mol. The minimum Gasteiger partial charge on any atom is -0.463 e. The normalized spacial score (nSPS) is 15.0. The van der Waals surface area contributed by atoms with Crippen molar-refractivity contribution in [2.45, 2.75) is 19.9 Å². The van der Waals surface area contributed by atoms with Crippen molar-refractivity contribution >= 4 is 11.7 Å². The van der Waals surface area contributed by atoms with E-state index in [4.69, 9.17) is 4.74 Å². The number of benzene rings is 2. The summed E-state index contributed by atoms with van der Waals surface area (Å²) in [6.07, 6.45) is 0.620. The third kappa shape index (κ3) is 4.70. The van der Waals surface area contributed by atoms with E-state index < -0.39 is 0 Å². The molecule has 0 spiro atoms. The maximum Gasteiger partial charge on any atom is 0.335 e. The monoisotopic (exact) mass is 354 g/mol. The lowest BCUT2D eigenvalue weighted by molar-refractivity contribution is -0.138. The van der Waals surface area contributed by atoms with Gasteiger partial charge in [0.15, 0.2) is 0 Å². The Hall–Kier alpha value is -2.66. The second-order valence-corrected chi connectivity index (χ2v) is 6.26. The van der Waals surface area contributed by atoms with Crippen molar-refractivity contribution in [2.24, 2.45) is 0 Å². The van der Waals surface area contributed by atoms with Crippen molar-refractivity contribution in [2.75, 3.05) is 25.0 Å². The van der Waals surface area contributed by atoms with Crippen molar-refractivity contribution in [3.8, 4) is 0 Å². The van der Waals surface area contributed by atoms with Crippen LogP contribution in [0.5, 0.6) is 0 Å². The highest BCUT2D eigenvalue weighted by Crippen LogP contribution is 2.23. The maximum absolute atomic E-state index is 13.2. The van der Waals surface area contributed by atoms with E-state index in [2.05, 4.69) is 22.3 Å². The third-order valence-electron chi connectivity index (χ3n) is 4.33. The number of nitrogens with zero attached hydrogens (tertiary/aromatic N) is 1. The van der Waals surface area contributed by atoms with E-state index in [0.717, 1.165) is 24.5 Å². The zero-order valence-electron chi connectivity index (χ0n) is 14.9. The van der Waals surface area contributed by atoms with Crippen LogP contribution in [0.3, 0.4) is 0 Å². The van der Waals surface area contributed by atoms with Gasteiger partial charge in [-0.15, -0.1) is 0 Å². The predicted octanol–water partition coefficient (Wildman–Crippen LogP) is 3.96. The van der Waals surface area contributed by atoms with Crippen LogP contribution in [0.1, 0.15) is 18.9 Å². The summed E-state index contributed by atoms with van der Waals surface area (Å²) in [5.74, 6) is -0.569. The molecule has 0 fully saturated rings. The lowest BCUT2D eigenvalue weighted by Crippen LogP contribution is -2.35. The van der Waals surface area contributed by atoms with Gasteiger partial charge in [-0.3, -0.25) is 4.90 Å². The average molecular weight is 354 g/mol. The molecule has 136 valence electrons. The molecule has 0 saturated carbocycles. The molecule has 0 atom stereocenters. The van der Waals surface area contributed by atoms with Gasteiger partial charge in [0.2, 0.25) is 0 Å². The highest BCUT2D eigenvalue weighted by atomic mass is 19.1. The summed E-state index contributed by atoms with van der Waals surface area (Å²) < 4.78 is 18.4. The minimum atomic E-state index is -0.288. The maximum atomic E-state index is 13.2. The fraction of sp³-hybridized carbons (Fsp3) is 0.286. The van der Waals surface area contributed by atoms with Gasteiger partial charge < -0.3 is 10.1 Å². The molecular weight excluding hydrogens is 331 g/mol. The Labute approximate surface area is 153 Å². The second kappa shape index (κ2) is 8.63. The van der Waals surface area contributed by atoms with Crippen LogP contribution >= 0.6 is 0 Å². The Morgan fingerprint density at radius 3 is 2.58 bits per heavy atom. The molecule has 0 radical (unpaired) electrons. The molecular formula is C21H23FN2O2. The Kier molecular flexibility index (Phi) is 6.02. The molecule has 3 rings (SSSR count). The number of hydrogen-bond donors (Lipinski definition) is 1. The molecule has 0 saturated heterocycles. The third-order valence-corrected chi connectivity index (χ3v) is 4.33. The van der Waals surface area contributed by atoms with Crippen molar-refractivity contribution < 1.29 is 13.9 Å². The van der Waals surface area contributed by atoms with E-state index >= 15 is 0 Å². The van der Waals surface area contributed by atoms with Crippen LogP contribution in [0.25, 0.3) is 0 Å². The molecule has 0 aliphatic carbocycles. The summed E-state index contributed by atoms with van der Waals surface area (Å²) >= 11 is 0. The smallest absolute Gasteiger partial charge is 0.335 e. The molecule has 1 aliphatic rings. The van der Waals surface area contributed by atoms with E-state index in [0.29, 0.717) is 25.1 Å². The first-order valence-electron chi connectivity index (χ1n) is 8.83. The van der Waals surface area contributed by atoms with Gasteiger partial charge in [0.1, 0.15) is 5.82 Å². The molecule has 2 aromatic rings. The molecule has 4 nitrogen and oxygen atoms in total. The second-order valence-electron chi connectivity index (χ2n) is 6.26. The Bertz CT molecular complexity index is 772. The summed E-state index contributed by atoms with van der Waals surface area (Å²) in [6, 6.07) is 16.4. The van der Waals surface area contributed by atoms with Gasteiger partial charge in [-0.1, -0.05) is 30.3 Å². The number of carbonyl (C=O) groups is 1. The van der Waals surface area contributed by atoms with Crippen molar-refractivity contribution in [3.05, 3.63) is 77.2 Å². The highest BCUT2D eigenvalue weighted by molar-refractivity contribution is 5.90. The molecule has 0 bridgehead atoms. The van der Waals surface area contributed by atoms with Gasteiger partial charge in [0.25, 0.3) is 0 Å². The van der Waals surface area contributed by atoms with Crippen LogP contribution in [0.2, 0.25) is 0 Å². The molecule has 2 aromatic carbocycles. The number of carbonyl (C=O) groups excluding carboxylic acids is 1. The fourth-order valence-electron chi connectivity index (χ4n) is 3.06. The van der Waals surface area contributed by atoms with E-state index in [1.165, 1.54) is 17.7 Å². The number of halogens is 1. The van der Waals surface area contributed by atoms with E-state index in [9.17, 15) is 9.18 Å². The van der Waals surface area contributed by atoms with Crippen molar-refractivity contribution in [1.82, 2.24) is 4.90 Å². The van der Waals surface area contributed by atoms with E-state index in [1.807, 2.05) is 18.2 Å². The SMILES string of the molecule is CCOC(=O)C1=C(Nc2ccc(F)cc2)CN(Cc2ccccc2)CC1. The Morgan fingerprint density at radius 2 is 1.88 bits per heavy atom. The zero-order valence-corrected chi connectivity index (χ0v) is 14.9. The van der Waals surface area contributed by atoms with Crippen molar-refractivity contribution in [3.63, 3.8) is 0 Å². The van der Waals surface area contributed by atoms with Crippen LogP contribution in [0, 0.1) is 5.82 Å². The number of esters is 1. The Balaban J connectivity index is 1.79. The first-order valence-corrected chi connectivity index (χ1v) is 8.83. The lowest BCUT2D eigenvalue weighted by Gasteiger charge is -2.30. The first kappa shape index (κ1) is 18.1. The van der Waals surface area contributed by atoms with Gasteiger partial charge in [-0.2, -0.15) is 0 Å². The minimum absolute atomic E-state index is 0.281. The largest absolute Gasteiger partial charge is 0.463 e. The molecule has 0 amide bonds. The molecule has 1 heterocycles. The summed E-state index contributed by atoms with van der Waals surface area (Å²) in [4.78, 5) is 14.6. The van der Waals surface area contributed by atoms with Crippen LogP contribution < -0.4 is 5.32 Å². The van der Waals surface area contributed by atoms with Crippen LogP contribution in [-0.2, 0) is 16.1 Å². The van der Waals surface area contributed by atoms with Crippen LogP contribution in [0.4, 0.5) is 10.1 Å². The van der Waals surface area contributed by atoms with Gasteiger partial charge in [-0.25, -0.2) is 9.18 Å². The number of rotatable bonds is 6. The molecule has 5 heteroatoms. The van der Waals surface area contributed by atoms with E-state index in [1.54, 1.807) is 19.1 Å². The molecule has 1 N–H and O–H groups in total. The molecule has 0 unspecified atom stereocenters. The summed E-state index contributed by atoms with van der Waals surface area (Å²) in [5.41, 5.74) is 3.47. The fourth-order valence-corrected chi connectivity index (χ4v) is 3.06. The van der Waals surface area contributed by atoms with Gasteiger partial charge in [-0.05, 0) is 43.2 Å². The lowest BCUT2D eigenvalue weighted by atomic mass is 10.0. The van der Waals surface area contributed by atoms with Gasteiger partial charge >= 0.3 is 5.97 Å². The van der Waals surface area contributed by atoms with Crippen LogP contribution in [-0.4, -0.2) is 30.6 Å².